The molecule has 2 aliphatic heterocycles. The second-order valence-corrected chi connectivity index (χ2v) is 8.36. The topological polar surface area (TPSA) is 42.9 Å². The standard InChI is InChI=1S/C20H41N5/c1-6-21-20(23-19-9-12-24(13-10-19)16(2)3)22-14-18(5)25-11-7-8-17(4)15-25/h16-19H,6-15H2,1-5H3,(H2,21,22,23). The van der Waals surface area contributed by atoms with Crippen molar-refractivity contribution in [3.8, 4) is 0 Å². The zero-order valence-electron chi connectivity index (χ0n) is 17.2. The van der Waals surface area contributed by atoms with Gasteiger partial charge >= 0.3 is 0 Å². The van der Waals surface area contributed by atoms with Crippen LogP contribution in [0, 0.1) is 5.92 Å². The van der Waals surface area contributed by atoms with Gasteiger partial charge in [0.1, 0.15) is 0 Å². The van der Waals surface area contributed by atoms with Crippen molar-refractivity contribution in [3.05, 3.63) is 0 Å². The van der Waals surface area contributed by atoms with E-state index in [4.69, 9.17) is 4.99 Å². The number of rotatable bonds is 6. The minimum Gasteiger partial charge on any atom is -0.357 e. The number of nitrogens with one attached hydrogen (secondary N) is 2. The molecule has 2 saturated heterocycles. The van der Waals surface area contributed by atoms with Crippen molar-refractivity contribution in [2.24, 2.45) is 10.9 Å². The first kappa shape index (κ1) is 20.5. The molecule has 5 nitrogen and oxygen atoms in total. The molecule has 2 unspecified atom stereocenters. The lowest BCUT2D eigenvalue weighted by Gasteiger charge is -2.36. The summed E-state index contributed by atoms with van der Waals surface area (Å²) in [6.07, 6.45) is 5.14. The summed E-state index contributed by atoms with van der Waals surface area (Å²) in [6, 6.07) is 1.75. The summed E-state index contributed by atoms with van der Waals surface area (Å²) >= 11 is 0. The molecule has 0 aromatic carbocycles. The maximum Gasteiger partial charge on any atom is 0.191 e. The van der Waals surface area contributed by atoms with E-state index in [1.807, 2.05) is 0 Å². The molecule has 0 radical (unpaired) electrons. The maximum absolute atomic E-state index is 4.90. The molecule has 0 amide bonds. The van der Waals surface area contributed by atoms with Gasteiger partial charge in [0, 0.05) is 44.3 Å². The predicted molar refractivity (Wildman–Crippen MR) is 108 cm³/mol. The molecule has 2 rings (SSSR count). The summed E-state index contributed by atoms with van der Waals surface area (Å²) in [5.41, 5.74) is 0. The fraction of sp³-hybridized carbons (Fsp3) is 0.950. The first-order valence-corrected chi connectivity index (χ1v) is 10.5. The molecule has 5 heteroatoms. The Balaban J connectivity index is 1.81. The molecule has 0 aromatic heterocycles. The fourth-order valence-corrected chi connectivity index (χ4v) is 4.04. The lowest BCUT2D eigenvalue weighted by atomic mass is 9.99. The SMILES string of the molecule is CCNC(=NCC(C)N1CCCC(C)C1)NC1CCN(C(C)C)CC1. The number of nitrogens with zero attached hydrogens (tertiary/aromatic N) is 3. The third-order valence-electron chi connectivity index (χ3n) is 5.77. The average Bonchev–Trinajstić information content (AvgIpc) is 2.60. The van der Waals surface area contributed by atoms with Crippen LogP contribution >= 0.6 is 0 Å². The molecule has 146 valence electrons. The van der Waals surface area contributed by atoms with Crippen molar-refractivity contribution < 1.29 is 0 Å². The molecule has 2 atom stereocenters. The van der Waals surface area contributed by atoms with Gasteiger partial charge in [0.25, 0.3) is 0 Å². The quantitative estimate of drug-likeness (QED) is 0.570. The van der Waals surface area contributed by atoms with Crippen LogP contribution in [0.1, 0.15) is 60.3 Å². The number of likely N-dealkylation sites (tertiary alicyclic amines) is 2. The van der Waals surface area contributed by atoms with E-state index in [0.717, 1.165) is 25.0 Å². The molecule has 0 aliphatic carbocycles. The van der Waals surface area contributed by atoms with Crippen LogP contribution in [0.3, 0.4) is 0 Å². The molecule has 2 heterocycles. The van der Waals surface area contributed by atoms with E-state index >= 15 is 0 Å². The number of piperidine rings is 2. The first-order valence-electron chi connectivity index (χ1n) is 10.5. The normalized spacial score (nSPS) is 26.0. The van der Waals surface area contributed by atoms with Gasteiger partial charge in [-0.25, -0.2) is 0 Å². The Hall–Kier alpha value is -0.810. The predicted octanol–water partition coefficient (Wildman–Crippen LogP) is 2.53. The average molecular weight is 352 g/mol. The largest absolute Gasteiger partial charge is 0.357 e. The number of aliphatic imine (C=N–C) groups is 1. The molecule has 0 spiro atoms. The highest BCUT2D eigenvalue weighted by atomic mass is 15.2. The second kappa shape index (κ2) is 10.4. The molecular weight excluding hydrogens is 310 g/mol. The molecule has 0 aromatic rings. The van der Waals surface area contributed by atoms with E-state index in [0.29, 0.717) is 18.1 Å². The van der Waals surface area contributed by atoms with E-state index in [2.05, 4.69) is 55.1 Å². The van der Waals surface area contributed by atoms with E-state index in [1.165, 1.54) is 51.9 Å². The summed E-state index contributed by atoms with van der Waals surface area (Å²) in [6.45, 7) is 18.1. The van der Waals surface area contributed by atoms with Gasteiger partial charge in [0.15, 0.2) is 5.96 Å². The van der Waals surface area contributed by atoms with Gasteiger partial charge in [-0.05, 0) is 65.8 Å². The van der Waals surface area contributed by atoms with Crippen LogP contribution in [-0.2, 0) is 0 Å². The molecular formula is C20H41N5. The van der Waals surface area contributed by atoms with Crippen molar-refractivity contribution in [1.29, 1.82) is 0 Å². The Bertz CT molecular complexity index is 401. The van der Waals surface area contributed by atoms with Crippen LogP contribution in [0.2, 0.25) is 0 Å². The number of hydrogen-bond donors (Lipinski definition) is 2. The zero-order chi connectivity index (χ0) is 18.2. The van der Waals surface area contributed by atoms with Crippen LogP contribution in [0.15, 0.2) is 4.99 Å². The van der Waals surface area contributed by atoms with Crippen molar-refractivity contribution in [2.45, 2.75) is 78.4 Å². The van der Waals surface area contributed by atoms with Gasteiger partial charge in [-0.15, -0.1) is 0 Å². The van der Waals surface area contributed by atoms with Crippen LogP contribution in [0.4, 0.5) is 0 Å². The summed E-state index contributed by atoms with van der Waals surface area (Å²) in [5.74, 6) is 1.83. The maximum atomic E-state index is 4.90. The van der Waals surface area contributed by atoms with E-state index in [9.17, 15) is 0 Å². The smallest absolute Gasteiger partial charge is 0.191 e. The first-order chi connectivity index (χ1) is 12.0. The lowest BCUT2D eigenvalue weighted by Crippen LogP contribution is -2.50. The minimum atomic E-state index is 0.529. The summed E-state index contributed by atoms with van der Waals surface area (Å²) in [7, 11) is 0. The Morgan fingerprint density at radius 3 is 2.40 bits per heavy atom. The Morgan fingerprint density at radius 1 is 1.08 bits per heavy atom. The van der Waals surface area contributed by atoms with Crippen molar-refractivity contribution in [1.82, 2.24) is 20.4 Å². The van der Waals surface area contributed by atoms with Crippen molar-refractivity contribution in [3.63, 3.8) is 0 Å². The molecule has 25 heavy (non-hydrogen) atoms. The summed E-state index contributed by atoms with van der Waals surface area (Å²) < 4.78 is 0. The van der Waals surface area contributed by atoms with Gasteiger partial charge in [-0.2, -0.15) is 0 Å². The van der Waals surface area contributed by atoms with Crippen LogP contribution in [-0.4, -0.2) is 73.2 Å². The zero-order valence-corrected chi connectivity index (χ0v) is 17.2. The van der Waals surface area contributed by atoms with E-state index < -0.39 is 0 Å². The molecule has 0 saturated carbocycles. The van der Waals surface area contributed by atoms with Crippen LogP contribution in [0.25, 0.3) is 0 Å². The summed E-state index contributed by atoms with van der Waals surface area (Å²) in [5, 5.41) is 7.11. The minimum absolute atomic E-state index is 0.529. The van der Waals surface area contributed by atoms with E-state index in [-0.39, 0.29) is 0 Å². The third kappa shape index (κ3) is 6.78. The molecule has 2 N–H and O–H groups in total. The van der Waals surface area contributed by atoms with Gasteiger partial charge in [-0.1, -0.05) is 6.92 Å². The summed E-state index contributed by atoms with van der Waals surface area (Å²) in [4.78, 5) is 10.1. The lowest BCUT2D eigenvalue weighted by molar-refractivity contribution is 0.142. The molecule has 2 aliphatic rings. The van der Waals surface area contributed by atoms with Crippen molar-refractivity contribution >= 4 is 5.96 Å². The van der Waals surface area contributed by atoms with Gasteiger partial charge < -0.3 is 15.5 Å². The van der Waals surface area contributed by atoms with Crippen LogP contribution in [0.5, 0.6) is 0 Å². The Kier molecular flexibility index (Phi) is 8.50. The molecule has 2 fully saturated rings. The Morgan fingerprint density at radius 2 is 1.80 bits per heavy atom. The van der Waals surface area contributed by atoms with Gasteiger partial charge in [-0.3, -0.25) is 9.89 Å². The molecule has 0 bridgehead atoms. The second-order valence-electron chi connectivity index (χ2n) is 8.36. The highest BCUT2D eigenvalue weighted by molar-refractivity contribution is 5.80. The highest BCUT2D eigenvalue weighted by Gasteiger charge is 2.23. The monoisotopic (exact) mass is 351 g/mol. The van der Waals surface area contributed by atoms with E-state index in [1.54, 1.807) is 0 Å². The van der Waals surface area contributed by atoms with Crippen LogP contribution < -0.4 is 10.6 Å². The highest BCUT2D eigenvalue weighted by Crippen LogP contribution is 2.18. The van der Waals surface area contributed by atoms with Gasteiger partial charge in [0.2, 0.25) is 0 Å². The third-order valence-corrected chi connectivity index (χ3v) is 5.77. The van der Waals surface area contributed by atoms with Crippen molar-refractivity contribution in [2.75, 3.05) is 39.3 Å². The Labute approximate surface area is 155 Å². The number of guanidine groups is 1. The van der Waals surface area contributed by atoms with Gasteiger partial charge in [0.05, 0.1) is 6.54 Å². The fourth-order valence-electron chi connectivity index (χ4n) is 4.04. The number of hydrogen-bond acceptors (Lipinski definition) is 3.